The van der Waals surface area contributed by atoms with Gasteiger partial charge in [0.15, 0.2) is 0 Å². The number of nitrogens with two attached hydrogens (primary N) is 1. The fourth-order valence-electron chi connectivity index (χ4n) is 4.52. The fraction of sp³-hybridized carbons (Fsp3) is 0.440. The van der Waals surface area contributed by atoms with Gasteiger partial charge in [0.1, 0.15) is 11.6 Å². The summed E-state index contributed by atoms with van der Waals surface area (Å²) in [6.07, 6.45) is 2.66. The molecule has 0 aromatic heterocycles. The van der Waals surface area contributed by atoms with Gasteiger partial charge in [0.2, 0.25) is 11.8 Å². The molecular weight excluding hydrogens is 422 g/mol. The lowest BCUT2D eigenvalue weighted by atomic mass is 9.78. The molecule has 1 aliphatic rings. The number of hydrogen-bond donors (Lipinski definition) is 4. The molecule has 1 fully saturated rings. The maximum atomic E-state index is 13.5. The molecule has 33 heavy (non-hydrogen) atoms. The van der Waals surface area contributed by atoms with Crippen LogP contribution in [0.1, 0.15) is 51.5 Å². The van der Waals surface area contributed by atoms with Crippen LogP contribution in [-0.4, -0.2) is 34.8 Å². The highest BCUT2D eigenvalue weighted by Gasteiger charge is 2.43. The highest BCUT2D eigenvalue weighted by molar-refractivity contribution is 5.97. The highest BCUT2D eigenvalue weighted by atomic mass is 16.4. The van der Waals surface area contributed by atoms with Crippen molar-refractivity contribution in [2.75, 3.05) is 0 Å². The SMILES string of the molecule is CCC(NC(=O)C(C)(NC(=O)[C@H]1CCCC[C@@H]1C(=O)O)c1ccc2ccccc2c1)C(N)=O. The molecular formula is C25H31N3O5. The van der Waals surface area contributed by atoms with Crippen LogP contribution in [0, 0.1) is 11.8 Å². The molecule has 2 aromatic rings. The molecule has 176 valence electrons. The van der Waals surface area contributed by atoms with Crippen molar-refractivity contribution >= 4 is 34.5 Å². The van der Waals surface area contributed by atoms with Crippen LogP contribution in [0.3, 0.4) is 0 Å². The first-order chi connectivity index (χ1) is 15.7. The predicted molar refractivity (Wildman–Crippen MR) is 124 cm³/mol. The van der Waals surface area contributed by atoms with Crippen LogP contribution in [0.4, 0.5) is 0 Å². The van der Waals surface area contributed by atoms with Crippen molar-refractivity contribution in [2.45, 2.75) is 57.5 Å². The van der Waals surface area contributed by atoms with E-state index in [1.165, 1.54) is 0 Å². The first kappa shape index (κ1) is 24.2. The molecule has 0 aliphatic heterocycles. The van der Waals surface area contributed by atoms with Crippen LogP contribution in [0.25, 0.3) is 10.8 Å². The third kappa shape index (κ3) is 5.16. The van der Waals surface area contributed by atoms with Crippen LogP contribution < -0.4 is 16.4 Å². The molecule has 0 heterocycles. The van der Waals surface area contributed by atoms with Crippen molar-refractivity contribution in [3.8, 4) is 0 Å². The summed E-state index contributed by atoms with van der Waals surface area (Å²) in [5, 5.41) is 16.9. The lowest BCUT2D eigenvalue weighted by Gasteiger charge is -2.35. The molecule has 8 nitrogen and oxygen atoms in total. The van der Waals surface area contributed by atoms with E-state index in [0.717, 1.165) is 23.6 Å². The van der Waals surface area contributed by atoms with Crippen molar-refractivity contribution in [2.24, 2.45) is 17.6 Å². The van der Waals surface area contributed by atoms with E-state index in [9.17, 15) is 24.3 Å². The summed E-state index contributed by atoms with van der Waals surface area (Å²) in [6.45, 7) is 3.29. The smallest absolute Gasteiger partial charge is 0.307 e. The Hall–Kier alpha value is -3.42. The highest BCUT2D eigenvalue weighted by Crippen LogP contribution is 2.33. The Morgan fingerprint density at radius 3 is 2.30 bits per heavy atom. The molecule has 3 amide bonds. The van der Waals surface area contributed by atoms with E-state index < -0.39 is 47.1 Å². The number of primary amides is 1. The second-order valence-corrected chi connectivity index (χ2v) is 8.85. The number of rotatable bonds is 8. The third-order valence-corrected chi connectivity index (χ3v) is 6.63. The van der Waals surface area contributed by atoms with Crippen molar-refractivity contribution in [1.29, 1.82) is 0 Å². The first-order valence-corrected chi connectivity index (χ1v) is 11.3. The molecule has 3 rings (SSSR count). The van der Waals surface area contributed by atoms with Gasteiger partial charge in [-0.3, -0.25) is 19.2 Å². The van der Waals surface area contributed by atoms with E-state index in [0.29, 0.717) is 24.8 Å². The Morgan fingerprint density at radius 2 is 1.70 bits per heavy atom. The second kappa shape index (κ2) is 10.0. The second-order valence-electron chi connectivity index (χ2n) is 8.85. The van der Waals surface area contributed by atoms with Crippen molar-refractivity contribution in [3.05, 3.63) is 48.0 Å². The number of aliphatic carboxylic acids is 1. The molecule has 1 aliphatic carbocycles. The van der Waals surface area contributed by atoms with Crippen LogP contribution in [0.5, 0.6) is 0 Å². The van der Waals surface area contributed by atoms with E-state index in [2.05, 4.69) is 10.6 Å². The number of nitrogens with one attached hydrogen (secondary N) is 2. The largest absolute Gasteiger partial charge is 0.481 e. The quantitative estimate of drug-likeness (QED) is 0.486. The summed E-state index contributed by atoms with van der Waals surface area (Å²) in [4.78, 5) is 50.3. The summed E-state index contributed by atoms with van der Waals surface area (Å²) in [6, 6.07) is 12.2. The van der Waals surface area contributed by atoms with E-state index in [1.54, 1.807) is 19.9 Å². The molecule has 8 heteroatoms. The maximum absolute atomic E-state index is 13.5. The summed E-state index contributed by atoms with van der Waals surface area (Å²) in [5.74, 6) is -4.28. The van der Waals surface area contributed by atoms with E-state index in [4.69, 9.17) is 5.73 Å². The Labute approximate surface area is 192 Å². The normalized spacial score (nSPS) is 20.9. The standard InChI is InChI=1S/C25H31N3O5/c1-3-20(21(26)29)27-24(33)25(2,17-13-12-15-8-4-5-9-16(15)14-17)28-22(30)18-10-6-7-11-19(18)23(31)32/h4-5,8-9,12-14,18-20H,3,6-7,10-11H2,1-2H3,(H2,26,29)(H,27,33)(H,28,30)(H,31,32)/t18-,19-,20?,25?/m0/s1. The van der Waals surface area contributed by atoms with Crippen LogP contribution in [0.15, 0.2) is 42.5 Å². The monoisotopic (exact) mass is 453 g/mol. The number of carboxylic acid groups (broad SMARTS) is 1. The average molecular weight is 454 g/mol. The first-order valence-electron chi connectivity index (χ1n) is 11.3. The van der Waals surface area contributed by atoms with Crippen LogP contribution >= 0.6 is 0 Å². The summed E-state index contributed by atoms with van der Waals surface area (Å²) in [5.41, 5.74) is 4.40. The molecule has 4 atom stereocenters. The van der Waals surface area contributed by atoms with Gasteiger partial charge in [0.05, 0.1) is 11.8 Å². The predicted octanol–water partition coefficient (Wildman–Crippen LogP) is 2.44. The minimum Gasteiger partial charge on any atom is -0.481 e. The summed E-state index contributed by atoms with van der Waals surface area (Å²) in [7, 11) is 0. The minimum absolute atomic E-state index is 0.298. The number of fused-ring (bicyclic) bond motifs is 1. The van der Waals surface area contributed by atoms with E-state index in [-0.39, 0.29) is 0 Å². The fourth-order valence-corrected chi connectivity index (χ4v) is 4.52. The van der Waals surface area contributed by atoms with Crippen LogP contribution in [-0.2, 0) is 24.7 Å². The molecule has 0 radical (unpaired) electrons. The number of carbonyl (C=O) groups is 4. The van der Waals surface area contributed by atoms with Gasteiger partial charge < -0.3 is 21.5 Å². The van der Waals surface area contributed by atoms with Gasteiger partial charge in [-0.05, 0) is 48.6 Å². The Kier molecular flexibility index (Phi) is 7.36. The number of carboxylic acids is 1. The van der Waals surface area contributed by atoms with Gasteiger partial charge >= 0.3 is 5.97 Å². The zero-order valence-corrected chi connectivity index (χ0v) is 19.0. The lowest BCUT2D eigenvalue weighted by Crippen LogP contribution is -2.59. The molecule has 5 N–H and O–H groups in total. The van der Waals surface area contributed by atoms with Crippen molar-refractivity contribution in [3.63, 3.8) is 0 Å². The number of benzene rings is 2. The van der Waals surface area contributed by atoms with Gasteiger partial charge in [-0.2, -0.15) is 0 Å². The molecule has 2 aromatic carbocycles. The maximum Gasteiger partial charge on any atom is 0.307 e. The molecule has 2 unspecified atom stereocenters. The zero-order valence-electron chi connectivity index (χ0n) is 19.0. The minimum atomic E-state index is -1.54. The van der Waals surface area contributed by atoms with Gasteiger partial charge in [-0.15, -0.1) is 0 Å². The molecule has 0 spiro atoms. The summed E-state index contributed by atoms with van der Waals surface area (Å²) >= 11 is 0. The van der Waals surface area contributed by atoms with Gasteiger partial charge in [0.25, 0.3) is 5.91 Å². The Bertz CT molecular complexity index is 1070. The summed E-state index contributed by atoms with van der Waals surface area (Å²) < 4.78 is 0. The average Bonchev–Trinajstić information content (AvgIpc) is 2.81. The number of carbonyl (C=O) groups excluding carboxylic acids is 3. The van der Waals surface area contributed by atoms with Crippen molar-refractivity contribution in [1.82, 2.24) is 10.6 Å². The molecule has 0 saturated heterocycles. The topological polar surface area (TPSA) is 139 Å². The van der Waals surface area contributed by atoms with Crippen molar-refractivity contribution < 1.29 is 24.3 Å². The Balaban J connectivity index is 2.00. The zero-order chi connectivity index (χ0) is 24.2. The van der Waals surface area contributed by atoms with E-state index in [1.807, 2.05) is 36.4 Å². The Morgan fingerprint density at radius 1 is 1.06 bits per heavy atom. The lowest BCUT2D eigenvalue weighted by molar-refractivity contribution is -0.150. The molecule has 0 bridgehead atoms. The van der Waals surface area contributed by atoms with Crippen LogP contribution in [0.2, 0.25) is 0 Å². The van der Waals surface area contributed by atoms with E-state index >= 15 is 0 Å². The molecule has 1 saturated carbocycles. The van der Waals surface area contributed by atoms with Gasteiger partial charge in [0, 0.05) is 0 Å². The third-order valence-electron chi connectivity index (χ3n) is 6.63. The number of hydrogen-bond acceptors (Lipinski definition) is 4. The van der Waals surface area contributed by atoms with Gasteiger partial charge in [-0.25, -0.2) is 0 Å². The van der Waals surface area contributed by atoms with Gasteiger partial charge in [-0.1, -0.05) is 56.2 Å². The number of amides is 3.